The lowest BCUT2D eigenvalue weighted by atomic mass is 10.1. The smallest absolute Gasteiger partial charge is 0.277 e. The minimum absolute atomic E-state index is 0.149. The first-order valence-corrected chi connectivity index (χ1v) is 11.1. The molecular formula is C25H23N3O3S. The second-order valence-corrected chi connectivity index (χ2v) is 8.53. The quantitative estimate of drug-likeness (QED) is 0.348. The zero-order valence-electron chi connectivity index (χ0n) is 17.8. The van der Waals surface area contributed by atoms with E-state index in [0.717, 1.165) is 22.4 Å². The van der Waals surface area contributed by atoms with Crippen molar-refractivity contribution in [2.24, 2.45) is 0 Å². The number of amides is 1. The lowest BCUT2D eigenvalue weighted by Gasteiger charge is -2.11. The molecule has 1 amide bonds. The van der Waals surface area contributed by atoms with Crippen molar-refractivity contribution in [1.82, 2.24) is 10.2 Å². The molecule has 0 spiro atoms. The van der Waals surface area contributed by atoms with E-state index in [1.165, 1.54) is 11.8 Å². The van der Waals surface area contributed by atoms with Gasteiger partial charge < -0.3 is 14.5 Å². The highest BCUT2D eigenvalue weighted by Crippen LogP contribution is 2.28. The van der Waals surface area contributed by atoms with Crippen LogP contribution in [0.4, 0.5) is 5.69 Å². The number of carbonyl (C=O) groups excluding carboxylic acids is 1. The highest BCUT2D eigenvalue weighted by Gasteiger charge is 2.19. The van der Waals surface area contributed by atoms with E-state index in [-0.39, 0.29) is 5.91 Å². The summed E-state index contributed by atoms with van der Waals surface area (Å²) in [5, 5.41) is 11.0. The molecule has 0 fully saturated rings. The largest absolute Gasteiger partial charge is 0.489 e. The van der Waals surface area contributed by atoms with Gasteiger partial charge in [-0.05, 0) is 55.3 Å². The Morgan fingerprint density at radius 3 is 2.47 bits per heavy atom. The summed E-state index contributed by atoms with van der Waals surface area (Å²) in [7, 11) is 0. The summed E-state index contributed by atoms with van der Waals surface area (Å²) in [5.74, 6) is 1.04. The molecule has 6 nitrogen and oxygen atoms in total. The Bertz CT molecular complexity index is 1180. The SMILES string of the molecule is Cc1ccccc1-c1nnc(SC(C)C(=O)Nc2ccc(OCc3ccccc3)cc2)o1. The number of benzene rings is 3. The van der Waals surface area contributed by atoms with Crippen LogP contribution in [0.2, 0.25) is 0 Å². The van der Waals surface area contributed by atoms with Gasteiger partial charge in [-0.2, -0.15) is 0 Å². The molecule has 32 heavy (non-hydrogen) atoms. The Morgan fingerprint density at radius 2 is 1.72 bits per heavy atom. The highest BCUT2D eigenvalue weighted by atomic mass is 32.2. The molecule has 4 rings (SSSR count). The van der Waals surface area contributed by atoms with Crippen molar-refractivity contribution in [3.05, 3.63) is 90.0 Å². The van der Waals surface area contributed by atoms with Crippen LogP contribution in [0.5, 0.6) is 5.75 Å². The summed E-state index contributed by atoms with van der Waals surface area (Å²) in [6.45, 7) is 4.28. The number of aryl methyl sites for hydroxylation is 1. The van der Waals surface area contributed by atoms with Gasteiger partial charge in [0.15, 0.2) is 0 Å². The van der Waals surface area contributed by atoms with Crippen molar-refractivity contribution < 1.29 is 13.9 Å². The normalized spacial score (nSPS) is 11.7. The van der Waals surface area contributed by atoms with Gasteiger partial charge in [-0.15, -0.1) is 10.2 Å². The van der Waals surface area contributed by atoms with E-state index in [1.54, 1.807) is 6.92 Å². The maximum Gasteiger partial charge on any atom is 0.277 e. The first-order chi connectivity index (χ1) is 15.6. The van der Waals surface area contributed by atoms with Gasteiger partial charge in [-0.3, -0.25) is 4.79 Å². The van der Waals surface area contributed by atoms with E-state index in [9.17, 15) is 4.79 Å². The van der Waals surface area contributed by atoms with Crippen molar-refractivity contribution in [3.8, 4) is 17.2 Å². The fourth-order valence-electron chi connectivity index (χ4n) is 3.00. The molecule has 0 radical (unpaired) electrons. The molecule has 0 aliphatic heterocycles. The lowest BCUT2D eigenvalue weighted by molar-refractivity contribution is -0.115. The van der Waals surface area contributed by atoms with Gasteiger partial charge in [0.25, 0.3) is 5.22 Å². The number of hydrogen-bond donors (Lipinski definition) is 1. The van der Waals surface area contributed by atoms with E-state index >= 15 is 0 Å². The molecule has 1 aromatic heterocycles. The number of anilines is 1. The maximum atomic E-state index is 12.6. The number of carbonyl (C=O) groups is 1. The first-order valence-electron chi connectivity index (χ1n) is 10.2. The molecule has 1 atom stereocenters. The van der Waals surface area contributed by atoms with Crippen LogP contribution >= 0.6 is 11.8 Å². The lowest BCUT2D eigenvalue weighted by Crippen LogP contribution is -2.22. The van der Waals surface area contributed by atoms with Crippen LogP contribution in [0, 0.1) is 6.92 Å². The number of nitrogens with zero attached hydrogens (tertiary/aromatic N) is 2. The van der Waals surface area contributed by atoms with Crippen molar-refractivity contribution in [1.29, 1.82) is 0 Å². The topological polar surface area (TPSA) is 77.2 Å². The monoisotopic (exact) mass is 445 g/mol. The number of hydrogen-bond acceptors (Lipinski definition) is 6. The first kappa shape index (κ1) is 21.6. The fourth-order valence-corrected chi connectivity index (χ4v) is 3.69. The molecule has 1 N–H and O–H groups in total. The molecule has 1 unspecified atom stereocenters. The predicted octanol–water partition coefficient (Wildman–Crippen LogP) is 5.74. The van der Waals surface area contributed by atoms with Crippen LogP contribution in [-0.2, 0) is 11.4 Å². The third kappa shape index (κ3) is 5.56. The third-order valence-corrected chi connectivity index (χ3v) is 5.73. The zero-order valence-corrected chi connectivity index (χ0v) is 18.6. The molecule has 0 aliphatic rings. The van der Waals surface area contributed by atoms with Gasteiger partial charge in [0.1, 0.15) is 12.4 Å². The van der Waals surface area contributed by atoms with Gasteiger partial charge in [0.05, 0.1) is 5.25 Å². The average molecular weight is 446 g/mol. The minimum Gasteiger partial charge on any atom is -0.489 e. The predicted molar refractivity (Wildman–Crippen MR) is 126 cm³/mol. The van der Waals surface area contributed by atoms with Crippen LogP contribution in [0.25, 0.3) is 11.5 Å². The molecule has 1 heterocycles. The maximum absolute atomic E-state index is 12.6. The molecular weight excluding hydrogens is 422 g/mol. The third-order valence-electron chi connectivity index (χ3n) is 4.80. The fraction of sp³-hybridized carbons (Fsp3) is 0.160. The Labute approximate surface area is 191 Å². The number of thioether (sulfide) groups is 1. The minimum atomic E-state index is -0.408. The van der Waals surface area contributed by atoms with Gasteiger partial charge in [-0.1, -0.05) is 60.3 Å². The van der Waals surface area contributed by atoms with E-state index < -0.39 is 5.25 Å². The molecule has 0 saturated heterocycles. The summed E-state index contributed by atoms with van der Waals surface area (Å²) in [6.07, 6.45) is 0. The highest BCUT2D eigenvalue weighted by molar-refractivity contribution is 8.00. The zero-order chi connectivity index (χ0) is 22.3. The summed E-state index contributed by atoms with van der Waals surface area (Å²) >= 11 is 1.22. The molecule has 0 aliphatic carbocycles. The van der Waals surface area contributed by atoms with E-state index in [1.807, 2.05) is 85.8 Å². The van der Waals surface area contributed by atoms with Gasteiger partial charge in [-0.25, -0.2) is 0 Å². The van der Waals surface area contributed by atoms with Crippen molar-refractivity contribution >= 4 is 23.4 Å². The number of rotatable bonds is 8. The standard InChI is InChI=1S/C25H23N3O3S/c1-17-8-6-7-11-22(17)24-27-28-25(31-24)32-18(2)23(29)26-20-12-14-21(15-13-20)30-16-19-9-4-3-5-10-19/h3-15,18H,16H2,1-2H3,(H,26,29). The van der Waals surface area contributed by atoms with Crippen molar-refractivity contribution in [3.63, 3.8) is 0 Å². The number of ether oxygens (including phenoxy) is 1. The average Bonchev–Trinajstić information content (AvgIpc) is 3.27. The Hall–Kier alpha value is -3.58. The van der Waals surface area contributed by atoms with Crippen molar-refractivity contribution in [2.45, 2.75) is 30.9 Å². The molecule has 3 aromatic carbocycles. The number of nitrogens with one attached hydrogen (secondary N) is 1. The summed E-state index contributed by atoms with van der Waals surface area (Å²) in [4.78, 5) is 12.6. The molecule has 162 valence electrons. The summed E-state index contributed by atoms with van der Waals surface area (Å²) in [6, 6.07) is 25.1. The van der Waals surface area contributed by atoms with Gasteiger partial charge in [0.2, 0.25) is 11.8 Å². The Kier molecular flexibility index (Phi) is 6.87. The molecule has 4 aromatic rings. The summed E-state index contributed by atoms with van der Waals surface area (Å²) in [5.41, 5.74) is 3.73. The second-order valence-electron chi connectivity index (χ2n) is 7.24. The van der Waals surface area contributed by atoms with Gasteiger partial charge >= 0.3 is 0 Å². The van der Waals surface area contributed by atoms with Crippen LogP contribution < -0.4 is 10.1 Å². The van der Waals surface area contributed by atoms with Gasteiger partial charge in [0, 0.05) is 11.3 Å². The van der Waals surface area contributed by atoms with E-state index in [4.69, 9.17) is 9.15 Å². The van der Waals surface area contributed by atoms with Crippen LogP contribution in [0.15, 0.2) is 88.5 Å². The van der Waals surface area contributed by atoms with Crippen LogP contribution in [0.1, 0.15) is 18.1 Å². The van der Waals surface area contributed by atoms with Crippen LogP contribution in [-0.4, -0.2) is 21.4 Å². The van der Waals surface area contributed by atoms with E-state index in [0.29, 0.717) is 23.4 Å². The Balaban J connectivity index is 1.30. The molecule has 0 bridgehead atoms. The Morgan fingerprint density at radius 1 is 1.00 bits per heavy atom. The molecule has 7 heteroatoms. The second kappa shape index (κ2) is 10.2. The van der Waals surface area contributed by atoms with Crippen molar-refractivity contribution in [2.75, 3.05) is 5.32 Å². The van der Waals surface area contributed by atoms with E-state index in [2.05, 4.69) is 15.5 Å². The number of aromatic nitrogens is 2. The molecule has 0 saturated carbocycles. The summed E-state index contributed by atoms with van der Waals surface area (Å²) < 4.78 is 11.5. The van der Waals surface area contributed by atoms with Crippen LogP contribution in [0.3, 0.4) is 0 Å².